The average Bonchev–Trinajstić information content (AvgIpc) is 2.78. The Morgan fingerprint density at radius 3 is 2.26 bits per heavy atom. The maximum Gasteiger partial charge on any atom is 0.223 e. The number of nitrogens with one attached hydrogen (secondary N) is 1. The van der Waals surface area contributed by atoms with Crippen LogP contribution in [0.4, 0.5) is 0 Å². The molecule has 31 heavy (non-hydrogen) atoms. The molecule has 1 aliphatic heterocycles. The van der Waals surface area contributed by atoms with Crippen molar-refractivity contribution in [2.75, 3.05) is 33.4 Å². The lowest BCUT2D eigenvalue weighted by molar-refractivity contribution is -0.126. The number of hydrogen-bond donors (Lipinski definition) is 1. The van der Waals surface area contributed by atoms with Crippen molar-refractivity contribution >= 4 is 15.9 Å². The van der Waals surface area contributed by atoms with Gasteiger partial charge in [0, 0.05) is 19.0 Å². The summed E-state index contributed by atoms with van der Waals surface area (Å²) in [5.41, 5.74) is 1.88. The first-order valence-corrected chi connectivity index (χ1v) is 12.1. The third-order valence-corrected chi connectivity index (χ3v) is 7.27. The monoisotopic (exact) mass is 446 g/mol. The van der Waals surface area contributed by atoms with Crippen LogP contribution in [0.5, 0.6) is 11.5 Å². The number of sulfonamides is 1. The Kier molecular flexibility index (Phi) is 7.92. The number of methoxy groups -OCH3 is 1. The van der Waals surface area contributed by atoms with E-state index in [0.29, 0.717) is 44.8 Å². The van der Waals surface area contributed by atoms with Crippen molar-refractivity contribution in [2.45, 2.75) is 25.5 Å². The largest absolute Gasteiger partial charge is 0.497 e. The second-order valence-corrected chi connectivity index (χ2v) is 9.70. The molecule has 1 N–H and O–H groups in total. The highest BCUT2D eigenvalue weighted by Gasteiger charge is 2.31. The molecule has 7 nitrogen and oxygen atoms in total. The number of hydrogen-bond acceptors (Lipinski definition) is 5. The van der Waals surface area contributed by atoms with Gasteiger partial charge < -0.3 is 14.8 Å². The molecule has 1 amide bonds. The van der Waals surface area contributed by atoms with Gasteiger partial charge in [0.2, 0.25) is 15.9 Å². The van der Waals surface area contributed by atoms with E-state index < -0.39 is 10.0 Å². The lowest BCUT2D eigenvalue weighted by Gasteiger charge is -2.30. The van der Waals surface area contributed by atoms with Crippen LogP contribution in [0.3, 0.4) is 0 Å². The minimum Gasteiger partial charge on any atom is -0.497 e. The van der Waals surface area contributed by atoms with E-state index in [4.69, 9.17) is 9.47 Å². The fraction of sp³-hybridized carbons (Fsp3) is 0.435. The van der Waals surface area contributed by atoms with Gasteiger partial charge in [-0.1, -0.05) is 29.8 Å². The fourth-order valence-electron chi connectivity index (χ4n) is 3.54. The van der Waals surface area contributed by atoms with Crippen LogP contribution in [0, 0.1) is 12.8 Å². The van der Waals surface area contributed by atoms with Crippen molar-refractivity contribution in [3.63, 3.8) is 0 Å². The molecule has 0 bridgehead atoms. The minimum atomic E-state index is -3.38. The average molecular weight is 447 g/mol. The van der Waals surface area contributed by atoms with Crippen LogP contribution in [0.1, 0.15) is 24.0 Å². The van der Waals surface area contributed by atoms with Gasteiger partial charge in [0.1, 0.15) is 18.1 Å². The summed E-state index contributed by atoms with van der Waals surface area (Å²) < 4.78 is 37.6. The molecule has 0 saturated carbocycles. The number of carbonyl (C=O) groups is 1. The van der Waals surface area contributed by atoms with E-state index in [9.17, 15) is 13.2 Å². The Morgan fingerprint density at radius 2 is 1.65 bits per heavy atom. The van der Waals surface area contributed by atoms with Crippen LogP contribution in [0.15, 0.2) is 48.5 Å². The van der Waals surface area contributed by atoms with Crippen LogP contribution < -0.4 is 14.8 Å². The first-order valence-electron chi connectivity index (χ1n) is 10.5. The molecule has 2 aromatic rings. The predicted octanol–water partition coefficient (Wildman–Crippen LogP) is 2.74. The summed E-state index contributed by atoms with van der Waals surface area (Å²) in [4.78, 5) is 12.4. The molecule has 1 saturated heterocycles. The first-order chi connectivity index (χ1) is 14.9. The number of aryl methyl sites for hydroxylation is 1. The Bertz CT molecular complexity index is 950. The number of rotatable bonds is 9. The molecular formula is C23H30N2O5S. The minimum absolute atomic E-state index is 0.00710. The molecule has 3 rings (SSSR count). The third kappa shape index (κ3) is 6.70. The molecule has 0 aliphatic carbocycles. The highest BCUT2D eigenvalue weighted by molar-refractivity contribution is 7.88. The van der Waals surface area contributed by atoms with Gasteiger partial charge in [0.05, 0.1) is 19.4 Å². The maximum atomic E-state index is 12.7. The predicted molar refractivity (Wildman–Crippen MR) is 120 cm³/mol. The van der Waals surface area contributed by atoms with Crippen molar-refractivity contribution in [3.05, 3.63) is 59.7 Å². The highest BCUT2D eigenvalue weighted by atomic mass is 32.2. The van der Waals surface area contributed by atoms with Crippen molar-refractivity contribution in [1.29, 1.82) is 0 Å². The van der Waals surface area contributed by atoms with Crippen LogP contribution >= 0.6 is 0 Å². The number of carbonyl (C=O) groups excluding carboxylic acids is 1. The molecule has 168 valence electrons. The lowest BCUT2D eigenvalue weighted by Crippen LogP contribution is -2.43. The summed E-state index contributed by atoms with van der Waals surface area (Å²) in [5, 5.41) is 2.89. The molecule has 0 spiro atoms. The second-order valence-electron chi connectivity index (χ2n) is 7.73. The zero-order chi connectivity index (χ0) is 22.3. The number of nitrogens with zero attached hydrogens (tertiary/aromatic N) is 1. The molecule has 0 radical (unpaired) electrons. The van der Waals surface area contributed by atoms with Gasteiger partial charge in [-0.2, -0.15) is 0 Å². The molecule has 0 atom stereocenters. The Morgan fingerprint density at radius 1 is 1.03 bits per heavy atom. The van der Waals surface area contributed by atoms with Gasteiger partial charge in [-0.05, 0) is 49.6 Å². The van der Waals surface area contributed by atoms with Gasteiger partial charge in [-0.25, -0.2) is 12.7 Å². The van der Waals surface area contributed by atoms with Gasteiger partial charge in [-0.15, -0.1) is 0 Å². The zero-order valence-electron chi connectivity index (χ0n) is 18.0. The normalized spacial score (nSPS) is 15.4. The second kappa shape index (κ2) is 10.6. The number of ether oxygens (including phenoxy) is 2. The summed E-state index contributed by atoms with van der Waals surface area (Å²) in [6.45, 7) is 3.47. The zero-order valence-corrected chi connectivity index (χ0v) is 18.9. The van der Waals surface area contributed by atoms with Gasteiger partial charge in [0.15, 0.2) is 0 Å². The Labute approximate surface area is 184 Å². The maximum absolute atomic E-state index is 12.7. The summed E-state index contributed by atoms with van der Waals surface area (Å²) in [7, 11) is -1.78. The Balaban J connectivity index is 1.39. The fourth-order valence-corrected chi connectivity index (χ4v) is 5.11. The molecule has 0 unspecified atom stereocenters. The molecule has 2 aromatic carbocycles. The van der Waals surface area contributed by atoms with Crippen molar-refractivity contribution in [1.82, 2.24) is 9.62 Å². The summed E-state index contributed by atoms with van der Waals surface area (Å²) >= 11 is 0. The van der Waals surface area contributed by atoms with E-state index >= 15 is 0 Å². The van der Waals surface area contributed by atoms with Crippen molar-refractivity contribution in [2.24, 2.45) is 5.92 Å². The summed E-state index contributed by atoms with van der Waals surface area (Å²) in [5.74, 6) is 1.24. The van der Waals surface area contributed by atoms with Gasteiger partial charge in [0.25, 0.3) is 0 Å². The number of benzene rings is 2. The van der Waals surface area contributed by atoms with Gasteiger partial charge >= 0.3 is 0 Å². The molecule has 0 aromatic heterocycles. The van der Waals surface area contributed by atoms with Crippen LogP contribution in [0.2, 0.25) is 0 Å². The van der Waals surface area contributed by atoms with E-state index in [1.807, 2.05) is 55.5 Å². The van der Waals surface area contributed by atoms with Gasteiger partial charge in [-0.3, -0.25) is 4.79 Å². The number of piperidine rings is 1. The molecule has 1 fully saturated rings. The van der Waals surface area contributed by atoms with Crippen LogP contribution in [-0.4, -0.2) is 52.0 Å². The van der Waals surface area contributed by atoms with E-state index in [1.54, 1.807) is 7.11 Å². The Hall–Kier alpha value is -2.58. The SMILES string of the molecule is COc1ccc(OCCNC(=O)C2CCN(S(=O)(=O)Cc3ccc(C)cc3)CC2)cc1. The smallest absolute Gasteiger partial charge is 0.223 e. The van der Waals surface area contributed by atoms with Crippen LogP contribution in [-0.2, 0) is 20.6 Å². The van der Waals surface area contributed by atoms with E-state index in [2.05, 4.69) is 5.32 Å². The van der Waals surface area contributed by atoms with E-state index in [0.717, 1.165) is 16.9 Å². The number of amides is 1. The first kappa shape index (κ1) is 23.1. The highest BCUT2D eigenvalue weighted by Crippen LogP contribution is 2.22. The van der Waals surface area contributed by atoms with Crippen molar-refractivity contribution < 1.29 is 22.7 Å². The standard InChI is InChI=1S/C23H30N2O5S/c1-18-3-5-19(6-4-18)17-31(27,28)25-14-11-20(12-15-25)23(26)24-13-16-30-22-9-7-21(29-2)8-10-22/h3-10,20H,11-17H2,1-2H3,(H,24,26). The summed E-state index contributed by atoms with van der Waals surface area (Å²) in [6.07, 6.45) is 1.05. The third-order valence-electron chi connectivity index (χ3n) is 5.42. The quantitative estimate of drug-likeness (QED) is 0.599. The topological polar surface area (TPSA) is 84.9 Å². The van der Waals surface area contributed by atoms with E-state index in [-0.39, 0.29) is 17.6 Å². The molecule has 1 heterocycles. The summed E-state index contributed by atoms with van der Waals surface area (Å²) in [6, 6.07) is 14.8. The molecular weight excluding hydrogens is 416 g/mol. The van der Waals surface area contributed by atoms with E-state index in [1.165, 1.54) is 4.31 Å². The van der Waals surface area contributed by atoms with Crippen LogP contribution in [0.25, 0.3) is 0 Å². The van der Waals surface area contributed by atoms with Crippen molar-refractivity contribution in [3.8, 4) is 11.5 Å². The molecule has 1 aliphatic rings. The lowest BCUT2D eigenvalue weighted by atomic mass is 9.97. The molecule has 8 heteroatoms.